The van der Waals surface area contributed by atoms with Gasteiger partial charge in [-0.15, -0.1) is 0 Å². The Morgan fingerprint density at radius 2 is 2.19 bits per heavy atom. The van der Waals surface area contributed by atoms with Gasteiger partial charge in [0.15, 0.2) is 0 Å². The minimum absolute atomic E-state index is 0.0488. The Hall–Kier alpha value is -2.39. The Morgan fingerprint density at radius 3 is 2.76 bits per heavy atom. The summed E-state index contributed by atoms with van der Waals surface area (Å²) in [6.07, 6.45) is 1.31. The molecule has 1 aromatic carbocycles. The molecule has 0 aliphatic rings. The minimum Gasteiger partial charge on any atom is -0.495 e. The second-order valence-corrected chi connectivity index (χ2v) is 5.72. The van der Waals surface area contributed by atoms with Crippen molar-refractivity contribution >= 4 is 16.0 Å². The van der Waals surface area contributed by atoms with E-state index in [4.69, 9.17) is 9.84 Å². The van der Waals surface area contributed by atoms with E-state index in [2.05, 4.69) is 14.4 Å². The summed E-state index contributed by atoms with van der Waals surface area (Å²) < 4.78 is 36.3. The predicted octanol–water partition coefficient (Wildman–Crippen LogP) is 0.860. The Kier molecular flexibility index (Phi) is 4.24. The van der Waals surface area contributed by atoms with Crippen molar-refractivity contribution in [2.24, 2.45) is 0 Å². The van der Waals surface area contributed by atoms with Crippen molar-refractivity contribution in [2.75, 3.05) is 7.11 Å². The van der Waals surface area contributed by atoms with Crippen molar-refractivity contribution in [1.82, 2.24) is 9.88 Å². The van der Waals surface area contributed by atoms with Crippen LogP contribution in [0.25, 0.3) is 0 Å². The Morgan fingerprint density at radius 1 is 1.43 bits per heavy atom. The molecule has 0 radical (unpaired) electrons. The average molecular weight is 312 g/mol. The summed E-state index contributed by atoms with van der Waals surface area (Å²) in [6, 6.07) is 5.09. The van der Waals surface area contributed by atoms with Gasteiger partial charge in [-0.05, 0) is 18.2 Å². The number of nitrogens with zero attached hydrogens (tertiary/aromatic N) is 1. The molecule has 21 heavy (non-hydrogen) atoms. The molecular weight excluding hydrogens is 300 g/mol. The van der Waals surface area contributed by atoms with Gasteiger partial charge in [0, 0.05) is 6.07 Å². The first-order valence-corrected chi connectivity index (χ1v) is 7.22. The number of sulfonamides is 1. The number of aromatic carboxylic acids is 1. The van der Waals surface area contributed by atoms with Crippen LogP contribution in [0.2, 0.25) is 0 Å². The number of nitrogens with one attached hydrogen (secondary N) is 1. The molecular formula is C12H12N2O6S. The average Bonchev–Trinajstić information content (AvgIpc) is 2.98. The van der Waals surface area contributed by atoms with Crippen LogP contribution in [-0.4, -0.2) is 31.8 Å². The molecule has 8 nitrogen and oxygen atoms in total. The van der Waals surface area contributed by atoms with Crippen LogP contribution >= 0.6 is 0 Å². The van der Waals surface area contributed by atoms with E-state index in [-0.39, 0.29) is 22.8 Å². The van der Waals surface area contributed by atoms with Crippen LogP contribution in [-0.2, 0) is 16.6 Å². The van der Waals surface area contributed by atoms with Crippen LogP contribution in [0.15, 0.2) is 39.9 Å². The van der Waals surface area contributed by atoms with Crippen molar-refractivity contribution in [1.29, 1.82) is 0 Å². The molecule has 112 valence electrons. The highest BCUT2D eigenvalue weighted by atomic mass is 32.2. The molecule has 1 aromatic heterocycles. The summed E-state index contributed by atoms with van der Waals surface area (Å²) in [5.41, 5.74) is 0.240. The molecule has 0 aliphatic heterocycles. The topological polar surface area (TPSA) is 119 Å². The fraction of sp³-hybridized carbons (Fsp3) is 0.167. The van der Waals surface area contributed by atoms with E-state index >= 15 is 0 Å². The van der Waals surface area contributed by atoms with Crippen LogP contribution in [0, 0.1) is 0 Å². The lowest BCUT2D eigenvalue weighted by molar-refractivity contribution is 0.0696. The summed E-state index contributed by atoms with van der Waals surface area (Å²) >= 11 is 0. The predicted molar refractivity (Wildman–Crippen MR) is 70.5 cm³/mol. The molecule has 0 fully saturated rings. The largest absolute Gasteiger partial charge is 0.495 e. The van der Waals surface area contributed by atoms with Crippen LogP contribution in [0.4, 0.5) is 0 Å². The number of carbonyl (C=O) groups is 1. The van der Waals surface area contributed by atoms with Gasteiger partial charge in [0.25, 0.3) is 0 Å². The maximum absolute atomic E-state index is 12.2. The van der Waals surface area contributed by atoms with Gasteiger partial charge in [0.05, 0.1) is 24.9 Å². The third-order valence-electron chi connectivity index (χ3n) is 2.63. The molecule has 0 saturated carbocycles. The lowest BCUT2D eigenvalue weighted by Gasteiger charge is -2.10. The van der Waals surface area contributed by atoms with Crippen LogP contribution in [0.3, 0.4) is 0 Å². The SMILES string of the molecule is COc1ccc(C(=O)O)cc1S(=O)(=O)NCc1ccon1. The fourth-order valence-corrected chi connectivity index (χ4v) is 2.79. The van der Waals surface area contributed by atoms with Gasteiger partial charge in [-0.1, -0.05) is 5.16 Å². The third-order valence-corrected chi connectivity index (χ3v) is 4.06. The van der Waals surface area contributed by atoms with Gasteiger partial charge in [-0.3, -0.25) is 0 Å². The molecule has 0 amide bonds. The van der Waals surface area contributed by atoms with Gasteiger partial charge in [-0.25, -0.2) is 17.9 Å². The van der Waals surface area contributed by atoms with Crippen molar-refractivity contribution in [2.45, 2.75) is 11.4 Å². The highest BCUT2D eigenvalue weighted by molar-refractivity contribution is 7.89. The van der Waals surface area contributed by atoms with Gasteiger partial charge >= 0.3 is 5.97 Å². The molecule has 2 N–H and O–H groups in total. The monoisotopic (exact) mass is 312 g/mol. The van der Waals surface area contributed by atoms with E-state index in [1.807, 2.05) is 0 Å². The quantitative estimate of drug-likeness (QED) is 0.811. The Balaban J connectivity index is 2.33. The molecule has 0 saturated heterocycles. The lowest BCUT2D eigenvalue weighted by Crippen LogP contribution is -2.24. The van der Waals surface area contributed by atoms with E-state index in [0.29, 0.717) is 5.69 Å². The number of carboxylic acid groups (broad SMARTS) is 1. The van der Waals surface area contributed by atoms with E-state index in [0.717, 1.165) is 6.07 Å². The summed E-state index contributed by atoms with van der Waals surface area (Å²) in [5.74, 6) is -1.18. The molecule has 0 atom stereocenters. The zero-order valence-electron chi connectivity index (χ0n) is 10.9. The maximum Gasteiger partial charge on any atom is 0.335 e. The van der Waals surface area contributed by atoms with Gasteiger partial charge < -0.3 is 14.4 Å². The van der Waals surface area contributed by atoms with Crippen molar-refractivity contribution in [3.05, 3.63) is 41.8 Å². The number of ether oxygens (including phenoxy) is 1. The summed E-state index contributed by atoms with van der Waals surface area (Å²) in [4.78, 5) is 10.7. The van der Waals surface area contributed by atoms with Crippen molar-refractivity contribution < 1.29 is 27.6 Å². The standard InChI is InChI=1S/C12H12N2O6S/c1-19-10-3-2-8(12(15)16)6-11(10)21(17,18)13-7-9-4-5-20-14-9/h2-6,13H,7H2,1H3,(H,15,16). The van der Waals surface area contributed by atoms with Crippen molar-refractivity contribution in [3.63, 3.8) is 0 Å². The van der Waals surface area contributed by atoms with Gasteiger partial charge in [0.1, 0.15) is 16.9 Å². The molecule has 2 aromatic rings. The first-order chi connectivity index (χ1) is 9.94. The summed E-state index contributed by atoms with van der Waals surface area (Å²) in [6.45, 7) is -0.0840. The number of rotatable bonds is 6. The fourth-order valence-electron chi connectivity index (χ4n) is 1.60. The van der Waals surface area contributed by atoms with E-state index < -0.39 is 16.0 Å². The number of hydrogen-bond donors (Lipinski definition) is 2. The maximum atomic E-state index is 12.2. The number of carboxylic acids is 1. The molecule has 1 heterocycles. The minimum atomic E-state index is -3.96. The highest BCUT2D eigenvalue weighted by Crippen LogP contribution is 2.25. The van der Waals surface area contributed by atoms with E-state index in [9.17, 15) is 13.2 Å². The van der Waals surface area contributed by atoms with Crippen LogP contribution in [0.5, 0.6) is 5.75 Å². The zero-order chi connectivity index (χ0) is 15.5. The second kappa shape index (κ2) is 5.94. The molecule has 9 heteroatoms. The lowest BCUT2D eigenvalue weighted by atomic mass is 10.2. The Labute approximate surface area is 120 Å². The number of benzene rings is 1. The molecule has 0 aliphatic carbocycles. The molecule has 0 bridgehead atoms. The van der Waals surface area contributed by atoms with E-state index in [1.165, 1.54) is 31.6 Å². The summed E-state index contributed by atoms with van der Waals surface area (Å²) in [7, 11) is -2.66. The van der Waals surface area contributed by atoms with Gasteiger partial charge in [-0.2, -0.15) is 0 Å². The first-order valence-electron chi connectivity index (χ1n) is 5.74. The second-order valence-electron chi connectivity index (χ2n) is 3.99. The first kappa shape index (κ1) is 15.0. The van der Waals surface area contributed by atoms with Crippen LogP contribution < -0.4 is 9.46 Å². The normalized spacial score (nSPS) is 11.3. The Bertz CT molecular complexity index is 739. The third kappa shape index (κ3) is 3.38. The molecule has 0 spiro atoms. The van der Waals surface area contributed by atoms with Gasteiger partial charge in [0.2, 0.25) is 10.0 Å². The van der Waals surface area contributed by atoms with Crippen LogP contribution in [0.1, 0.15) is 16.1 Å². The number of aromatic nitrogens is 1. The summed E-state index contributed by atoms with van der Waals surface area (Å²) in [5, 5.41) is 12.5. The number of methoxy groups -OCH3 is 1. The molecule has 0 unspecified atom stereocenters. The van der Waals surface area contributed by atoms with E-state index in [1.54, 1.807) is 0 Å². The zero-order valence-corrected chi connectivity index (χ0v) is 11.8. The number of hydrogen-bond acceptors (Lipinski definition) is 6. The highest BCUT2D eigenvalue weighted by Gasteiger charge is 2.21. The van der Waals surface area contributed by atoms with Crippen molar-refractivity contribution in [3.8, 4) is 5.75 Å². The molecule has 2 rings (SSSR count). The smallest absolute Gasteiger partial charge is 0.335 e.